The van der Waals surface area contributed by atoms with E-state index in [-0.39, 0.29) is 4.90 Å². The lowest BCUT2D eigenvalue weighted by atomic mass is 10.3. The molecule has 0 radical (unpaired) electrons. The fraction of sp³-hybridized carbons (Fsp3) is 0. The van der Waals surface area contributed by atoms with Crippen LogP contribution in [0.25, 0.3) is 0 Å². The highest BCUT2D eigenvalue weighted by Crippen LogP contribution is 2.14. The average Bonchev–Trinajstić information content (AvgIpc) is 2.39. The van der Waals surface area contributed by atoms with Gasteiger partial charge in [-0.05, 0) is 48.6 Å². The van der Waals surface area contributed by atoms with Crippen molar-refractivity contribution < 1.29 is 13.0 Å². The molecule has 5 nitrogen and oxygen atoms in total. The predicted molar refractivity (Wildman–Crippen MR) is 82.5 cm³/mol. The molecule has 2 rings (SSSR count). The number of nitrogens with one attached hydrogen (secondary N) is 2. The summed E-state index contributed by atoms with van der Waals surface area (Å²) in [6.07, 6.45) is 0. The molecular weight excluding hydrogens is 296 g/mol. The molecular formula is C13H12N2O3S2. The lowest BCUT2D eigenvalue weighted by Gasteiger charge is -2.10. The molecule has 0 atom stereocenters. The molecule has 0 bridgehead atoms. The van der Waals surface area contributed by atoms with Gasteiger partial charge in [-0.15, -0.1) is 0 Å². The topological polar surface area (TPSA) is 78.4 Å². The lowest BCUT2D eigenvalue weighted by molar-refractivity contribution is 0.483. The van der Waals surface area contributed by atoms with Crippen molar-refractivity contribution in [1.82, 2.24) is 0 Å². The van der Waals surface area contributed by atoms with Gasteiger partial charge in [0.1, 0.15) is 0 Å². The maximum Gasteiger partial charge on any atom is 0.294 e. The Kier molecular flexibility index (Phi) is 4.33. The van der Waals surface area contributed by atoms with E-state index in [1.165, 1.54) is 24.3 Å². The SMILES string of the molecule is O=S(=O)(O)c1ccc(NC(=S)Nc2ccccc2)cc1. The van der Waals surface area contributed by atoms with Crippen LogP contribution in [0.2, 0.25) is 0 Å². The van der Waals surface area contributed by atoms with Crippen LogP contribution in [0.5, 0.6) is 0 Å². The number of hydrogen-bond donors (Lipinski definition) is 3. The molecule has 0 heterocycles. The molecule has 0 aliphatic heterocycles. The molecule has 0 unspecified atom stereocenters. The summed E-state index contributed by atoms with van der Waals surface area (Å²) in [5.74, 6) is 0. The zero-order valence-electron chi connectivity index (χ0n) is 10.3. The number of para-hydroxylation sites is 1. The highest BCUT2D eigenvalue weighted by atomic mass is 32.2. The second-order valence-corrected chi connectivity index (χ2v) is 5.77. The van der Waals surface area contributed by atoms with Crippen LogP contribution in [0.15, 0.2) is 59.5 Å². The Balaban J connectivity index is 2.02. The maximum absolute atomic E-state index is 10.9. The van der Waals surface area contributed by atoms with Gasteiger partial charge in [-0.25, -0.2) is 0 Å². The highest BCUT2D eigenvalue weighted by Gasteiger charge is 2.08. The third kappa shape index (κ3) is 4.02. The number of hydrogen-bond acceptors (Lipinski definition) is 3. The monoisotopic (exact) mass is 308 g/mol. The maximum atomic E-state index is 10.9. The Hall–Kier alpha value is -1.96. The summed E-state index contributed by atoms with van der Waals surface area (Å²) in [5.41, 5.74) is 1.46. The van der Waals surface area contributed by atoms with Crippen molar-refractivity contribution in [2.45, 2.75) is 4.90 Å². The van der Waals surface area contributed by atoms with Crippen LogP contribution in [0, 0.1) is 0 Å². The minimum absolute atomic E-state index is 0.162. The summed E-state index contributed by atoms with van der Waals surface area (Å²) in [4.78, 5) is -0.162. The summed E-state index contributed by atoms with van der Waals surface area (Å²) < 4.78 is 30.7. The highest BCUT2D eigenvalue weighted by molar-refractivity contribution is 7.85. The van der Waals surface area contributed by atoms with Crippen molar-refractivity contribution in [3.05, 3.63) is 54.6 Å². The number of thiocarbonyl (C=S) groups is 1. The normalized spacial score (nSPS) is 10.8. The van der Waals surface area contributed by atoms with Gasteiger partial charge in [-0.2, -0.15) is 8.42 Å². The second kappa shape index (κ2) is 6.00. The van der Waals surface area contributed by atoms with Crippen LogP contribution in [-0.4, -0.2) is 18.1 Å². The third-order valence-electron chi connectivity index (χ3n) is 2.44. The average molecular weight is 308 g/mol. The van der Waals surface area contributed by atoms with Crippen molar-refractivity contribution in [1.29, 1.82) is 0 Å². The van der Waals surface area contributed by atoms with Gasteiger partial charge < -0.3 is 10.6 Å². The largest absolute Gasteiger partial charge is 0.332 e. The molecule has 7 heteroatoms. The summed E-state index contributed by atoms with van der Waals surface area (Å²) >= 11 is 5.13. The van der Waals surface area contributed by atoms with Crippen molar-refractivity contribution in [2.75, 3.05) is 10.6 Å². The van der Waals surface area contributed by atoms with Crippen LogP contribution in [-0.2, 0) is 10.1 Å². The van der Waals surface area contributed by atoms with Gasteiger partial charge in [-0.1, -0.05) is 18.2 Å². The smallest absolute Gasteiger partial charge is 0.294 e. The first-order chi connectivity index (χ1) is 9.45. The molecule has 0 saturated carbocycles. The molecule has 2 aromatic carbocycles. The summed E-state index contributed by atoms with van der Waals surface area (Å²) in [6, 6.07) is 15.0. The molecule has 0 aromatic heterocycles. The predicted octanol–water partition coefficient (Wildman–Crippen LogP) is 2.74. The Labute approximate surface area is 122 Å². The van der Waals surface area contributed by atoms with Gasteiger partial charge in [0, 0.05) is 11.4 Å². The molecule has 104 valence electrons. The summed E-state index contributed by atoms with van der Waals surface area (Å²) in [7, 11) is -4.17. The van der Waals surface area contributed by atoms with Gasteiger partial charge in [0.25, 0.3) is 10.1 Å². The van der Waals surface area contributed by atoms with Gasteiger partial charge in [0.05, 0.1) is 4.90 Å². The van der Waals surface area contributed by atoms with E-state index in [0.717, 1.165) is 5.69 Å². The third-order valence-corrected chi connectivity index (χ3v) is 3.51. The van der Waals surface area contributed by atoms with E-state index in [9.17, 15) is 8.42 Å². The van der Waals surface area contributed by atoms with E-state index in [2.05, 4.69) is 10.6 Å². The van der Waals surface area contributed by atoms with E-state index in [1.807, 2.05) is 30.3 Å². The molecule has 20 heavy (non-hydrogen) atoms. The molecule has 0 fully saturated rings. The van der Waals surface area contributed by atoms with Crippen LogP contribution < -0.4 is 10.6 Å². The van der Waals surface area contributed by atoms with Crippen LogP contribution in [0.3, 0.4) is 0 Å². The Morgan fingerprint density at radius 1 is 0.900 bits per heavy atom. The lowest BCUT2D eigenvalue weighted by Crippen LogP contribution is -2.18. The zero-order chi connectivity index (χ0) is 14.6. The molecule has 0 saturated heterocycles. The summed E-state index contributed by atoms with van der Waals surface area (Å²) in [6.45, 7) is 0. The standard InChI is InChI=1S/C13H12N2O3S2/c16-20(17,18)12-8-6-11(7-9-12)15-13(19)14-10-4-2-1-3-5-10/h1-9H,(H2,14,15,19)(H,16,17,18). The quantitative estimate of drug-likeness (QED) is 0.598. The van der Waals surface area contributed by atoms with Crippen molar-refractivity contribution in [3.63, 3.8) is 0 Å². The van der Waals surface area contributed by atoms with Gasteiger partial charge >= 0.3 is 0 Å². The number of rotatable bonds is 3. The minimum atomic E-state index is -4.17. The fourth-order valence-corrected chi connectivity index (χ4v) is 2.24. The van der Waals surface area contributed by atoms with Crippen LogP contribution >= 0.6 is 12.2 Å². The molecule has 3 N–H and O–H groups in total. The van der Waals surface area contributed by atoms with Crippen LogP contribution in [0.1, 0.15) is 0 Å². The molecule has 0 amide bonds. The van der Waals surface area contributed by atoms with E-state index in [0.29, 0.717) is 10.8 Å². The Bertz CT molecular complexity index is 698. The van der Waals surface area contributed by atoms with Gasteiger partial charge in [0.15, 0.2) is 5.11 Å². The van der Waals surface area contributed by atoms with Crippen molar-refractivity contribution in [3.8, 4) is 0 Å². The van der Waals surface area contributed by atoms with Gasteiger partial charge in [-0.3, -0.25) is 4.55 Å². The first-order valence-corrected chi connectivity index (χ1v) is 7.50. The van der Waals surface area contributed by atoms with Gasteiger partial charge in [0.2, 0.25) is 0 Å². The fourth-order valence-electron chi connectivity index (χ4n) is 1.53. The minimum Gasteiger partial charge on any atom is -0.332 e. The molecule has 0 aliphatic carbocycles. The molecule has 0 aliphatic rings. The van der Waals surface area contributed by atoms with E-state index in [4.69, 9.17) is 16.8 Å². The van der Waals surface area contributed by atoms with Crippen molar-refractivity contribution in [2.24, 2.45) is 0 Å². The molecule has 2 aromatic rings. The van der Waals surface area contributed by atoms with Crippen LogP contribution in [0.4, 0.5) is 11.4 Å². The number of anilines is 2. The first-order valence-electron chi connectivity index (χ1n) is 5.66. The Morgan fingerprint density at radius 3 is 1.90 bits per heavy atom. The zero-order valence-corrected chi connectivity index (χ0v) is 11.9. The Morgan fingerprint density at radius 2 is 1.40 bits per heavy atom. The number of benzene rings is 2. The second-order valence-electron chi connectivity index (χ2n) is 3.94. The van der Waals surface area contributed by atoms with Crippen molar-refractivity contribution >= 4 is 38.8 Å². The van der Waals surface area contributed by atoms with E-state index >= 15 is 0 Å². The molecule has 0 spiro atoms. The summed E-state index contributed by atoms with van der Waals surface area (Å²) in [5, 5.41) is 6.29. The van der Waals surface area contributed by atoms with E-state index < -0.39 is 10.1 Å². The van der Waals surface area contributed by atoms with E-state index in [1.54, 1.807) is 0 Å². The first kappa shape index (κ1) is 14.4.